The van der Waals surface area contributed by atoms with Crippen LogP contribution >= 0.6 is 0 Å². The Morgan fingerprint density at radius 1 is 1.28 bits per heavy atom. The number of carbonyl (C=O) groups is 1. The second-order valence-electron chi connectivity index (χ2n) is 3.77. The molecule has 4 nitrogen and oxygen atoms in total. The highest BCUT2D eigenvalue weighted by molar-refractivity contribution is 5.90. The third-order valence-electron chi connectivity index (χ3n) is 2.64. The Morgan fingerprint density at radius 3 is 2.61 bits per heavy atom. The third kappa shape index (κ3) is 2.37. The van der Waals surface area contributed by atoms with Crippen molar-refractivity contribution in [2.75, 3.05) is 7.11 Å². The van der Waals surface area contributed by atoms with Crippen LogP contribution in [0.1, 0.15) is 23.0 Å². The van der Waals surface area contributed by atoms with E-state index in [9.17, 15) is 4.79 Å². The first-order valence-corrected chi connectivity index (χ1v) is 5.76. The summed E-state index contributed by atoms with van der Waals surface area (Å²) in [5.41, 5.74) is 2.07. The number of nitrogens with zero attached hydrogens (tertiary/aromatic N) is 2. The normalized spacial score (nSPS) is 10.1. The van der Waals surface area contributed by atoms with E-state index in [4.69, 9.17) is 4.74 Å². The highest BCUT2D eigenvalue weighted by Crippen LogP contribution is 2.16. The molecular formula is C14H14N2O2. The maximum Gasteiger partial charge on any atom is 0.341 e. The van der Waals surface area contributed by atoms with Crippen molar-refractivity contribution in [3.8, 4) is 11.4 Å². The molecule has 0 N–H and O–H groups in total. The molecule has 0 aliphatic carbocycles. The molecule has 0 fully saturated rings. The molecule has 0 aliphatic rings. The lowest BCUT2D eigenvalue weighted by molar-refractivity contribution is 0.0598. The van der Waals surface area contributed by atoms with Crippen molar-refractivity contribution in [1.29, 1.82) is 0 Å². The fourth-order valence-electron chi connectivity index (χ4n) is 1.69. The van der Waals surface area contributed by atoms with Crippen LogP contribution in [0.25, 0.3) is 11.4 Å². The summed E-state index contributed by atoms with van der Waals surface area (Å²) in [6.07, 6.45) is 2.19. The first kappa shape index (κ1) is 12.2. The molecule has 0 bridgehead atoms. The van der Waals surface area contributed by atoms with Crippen LogP contribution in [0.5, 0.6) is 0 Å². The summed E-state index contributed by atoms with van der Waals surface area (Å²) in [7, 11) is 1.35. The smallest absolute Gasteiger partial charge is 0.341 e. The minimum Gasteiger partial charge on any atom is -0.465 e. The van der Waals surface area contributed by atoms with E-state index in [1.54, 1.807) is 0 Å². The van der Waals surface area contributed by atoms with Gasteiger partial charge in [-0.1, -0.05) is 37.3 Å². The van der Waals surface area contributed by atoms with Crippen LogP contribution in [0, 0.1) is 0 Å². The molecule has 1 aromatic heterocycles. The van der Waals surface area contributed by atoms with Gasteiger partial charge in [-0.3, -0.25) is 0 Å². The Hall–Kier alpha value is -2.23. The van der Waals surface area contributed by atoms with Gasteiger partial charge < -0.3 is 4.74 Å². The highest BCUT2D eigenvalue weighted by Gasteiger charge is 2.14. The quantitative estimate of drug-likeness (QED) is 0.776. The van der Waals surface area contributed by atoms with Crippen LogP contribution in [-0.4, -0.2) is 23.0 Å². The van der Waals surface area contributed by atoms with Gasteiger partial charge >= 0.3 is 5.97 Å². The molecule has 0 unspecified atom stereocenters. The Bertz CT molecular complexity index is 553. The molecule has 0 atom stereocenters. The van der Waals surface area contributed by atoms with E-state index < -0.39 is 5.97 Å². The molecule has 0 saturated heterocycles. The number of carbonyl (C=O) groups excluding carboxylic acids is 1. The average molecular weight is 242 g/mol. The van der Waals surface area contributed by atoms with E-state index in [0.29, 0.717) is 23.5 Å². The summed E-state index contributed by atoms with van der Waals surface area (Å²) in [5, 5.41) is 0. The van der Waals surface area contributed by atoms with Gasteiger partial charge in [-0.15, -0.1) is 0 Å². The Labute approximate surface area is 106 Å². The lowest BCUT2D eigenvalue weighted by Crippen LogP contribution is -2.09. The monoisotopic (exact) mass is 242 g/mol. The molecule has 1 heterocycles. The summed E-state index contributed by atoms with van der Waals surface area (Å²) in [5.74, 6) is 0.228. The summed E-state index contributed by atoms with van der Waals surface area (Å²) in [4.78, 5) is 20.2. The van der Waals surface area contributed by atoms with Gasteiger partial charge in [-0.05, 0) is 6.42 Å². The van der Waals surface area contributed by atoms with E-state index in [-0.39, 0.29) is 0 Å². The van der Waals surface area contributed by atoms with Gasteiger partial charge in [0.25, 0.3) is 0 Å². The van der Waals surface area contributed by atoms with Gasteiger partial charge in [-0.2, -0.15) is 0 Å². The van der Waals surface area contributed by atoms with Crippen LogP contribution in [0.4, 0.5) is 0 Å². The van der Waals surface area contributed by atoms with Crippen molar-refractivity contribution >= 4 is 5.97 Å². The standard InChI is InChI=1S/C14H14N2O2/c1-3-12-11(14(17)18-2)9-15-13(16-12)10-7-5-4-6-8-10/h4-9H,3H2,1-2H3. The number of hydrogen-bond acceptors (Lipinski definition) is 4. The van der Waals surface area contributed by atoms with Crippen LogP contribution in [0.3, 0.4) is 0 Å². The lowest BCUT2D eigenvalue weighted by Gasteiger charge is -2.07. The molecular weight excluding hydrogens is 228 g/mol. The number of benzene rings is 1. The number of methoxy groups -OCH3 is 1. The summed E-state index contributed by atoms with van der Waals surface area (Å²) >= 11 is 0. The fourth-order valence-corrected chi connectivity index (χ4v) is 1.69. The van der Waals surface area contributed by atoms with Crippen molar-refractivity contribution < 1.29 is 9.53 Å². The second kappa shape index (κ2) is 5.40. The van der Waals surface area contributed by atoms with Gasteiger partial charge in [0.1, 0.15) is 0 Å². The topological polar surface area (TPSA) is 52.1 Å². The van der Waals surface area contributed by atoms with Gasteiger partial charge in [-0.25, -0.2) is 14.8 Å². The minimum absolute atomic E-state index is 0.397. The largest absolute Gasteiger partial charge is 0.465 e. The number of aryl methyl sites for hydroxylation is 1. The Balaban J connectivity index is 2.45. The van der Waals surface area contributed by atoms with Crippen LogP contribution in [0.15, 0.2) is 36.5 Å². The van der Waals surface area contributed by atoms with Crippen molar-refractivity contribution in [3.05, 3.63) is 47.8 Å². The zero-order chi connectivity index (χ0) is 13.0. The number of rotatable bonds is 3. The van der Waals surface area contributed by atoms with Gasteiger partial charge in [0.15, 0.2) is 5.82 Å². The van der Waals surface area contributed by atoms with E-state index in [2.05, 4.69) is 9.97 Å². The predicted octanol–water partition coefficient (Wildman–Crippen LogP) is 2.49. The molecule has 2 aromatic rings. The second-order valence-corrected chi connectivity index (χ2v) is 3.77. The molecule has 0 spiro atoms. The molecule has 2 rings (SSSR count). The van der Waals surface area contributed by atoms with Crippen molar-refractivity contribution in [1.82, 2.24) is 9.97 Å². The van der Waals surface area contributed by atoms with E-state index in [0.717, 1.165) is 5.56 Å². The van der Waals surface area contributed by atoms with Gasteiger partial charge in [0.2, 0.25) is 0 Å². The average Bonchev–Trinajstić information content (AvgIpc) is 2.46. The first-order chi connectivity index (χ1) is 8.76. The number of hydrogen-bond donors (Lipinski definition) is 0. The maximum absolute atomic E-state index is 11.5. The van der Waals surface area contributed by atoms with Crippen LogP contribution < -0.4 is 0 Å². The van der Waals surface area contributed by atoms with Gasteiger partial charge in [0.05, 0.1) is 18.4 Å². The zero-order valence-electron chi connectivity index (χ0n) is 10.4. The van der Waals surface area contributed by atoms with E-state index in [1.165, 1.54) is 13.3 Å². The third-order valence-corrected chi connectivity index (χ3v) is 2.64. The maximum atomic E-state index is 11.5. The van der Waals surface area contributed by atoms with E-state index >= 15 is 0 Å². The predicted molar refractivity (Wildman–Crippen MR) is 68.2 cm³/mol. The lowest BCUT2D eigenvalue weighted by atomic mass is 10.1. The van der Waals surface area contributed by atoms with Gasteiger partial charge in [0, 0.05) is 11.8 Å². The molecule has 0 amide bonds. The SMILES string of the molecule is CCc1nc(-c2ccccc2)ncc1C(=O)OC. The van der Waals surface area contributed by atoms with Crippen molar-refractivity contribution in [2.24, 2.45) is 0 Å². The number of ether oxygens (including phenoxy) is 1. The Morgan fingerprint density at radius 2 is 2.00 bits per heavy atom. The molecule has 0 radical (unpaired) electrons. The molecule has 18 heavy (non-hydrogen) atoms. The molecule has 0 aliphatic heterocycles. The summed E-state index contributed by atoms with van der Waals surface area (Å²) in [6.45, 7) is 1.95. The minimum atomic E-state index is -0.397. The Kier molecular flexibility index (Phi) is 3.67. The first-order valence-electron chi connectivity index (χ1n) is 5.76. The van der Waals surface area contributed by atoms with E-state index in [1.807, 2.05) is 37.3 Å². The fraction of sp³-hybridized carbons (Fsp3) is 0.214. The zero-order valence-corrected chi connectivity index (χ0v) is 10.4. The van der Waals surface area contributed by atoms with Crippen LogP contribution in [0.2, 0.25) is 0 Å². The highest BCUT2D eigenvalue weighted by atomic mass is 16.5. The summed E-state index contributed by atoms with van der Waals surface area (Å²) in [6, 6.07) is 9.67. The molecule has 4 heteroatoms. The molecule has 1 aromatic carbocycles. The number of esters is 1. The van der Waals surface area contributed by atoms with Crippen LogP contribution in [-0.2, 0) is 11.2 Å². The molecule has 92 valence electrons. The summed E-state index contributed by atoms with van der Waals surface area (Å²) < 4.78 is 4.71. The van der Waals surface area contributed by atoms with Crippen molar-refractivity contribution in [3.63, 3.8) is 0 Å². The van der Waals surface area contributed by atoms with Crippen molar-refractivity contribution in [2.45, 2.75) is 13.3 Å². The number of aromatic nitrogens is 2. The molecule has 0 saturated carbocycles.